The molecule has 0 radical (unpaired) electrons. The summed E-state index contributed by atoms with van der Waals surface area (Å²) in [6.45, 7) is 0. The average Bonchev–Trinajstić information content (AvgIpc) is 2.06. The molecule has 1 heterocycles. The SMILES string of the molecule is Nc1ccnc2c1CCCC2. The Balaban J connectivity index is 2.49. The van der Waals surface area contributed by atoms with Gasteiger partial charge in [0.25, 0.3) is 0 Å². The molecule has 0 atom stereocenters. The molecular formula is C9H12N2. The third kappa shape index (κ3) is 1.09. The normalized spacial score (nSPS) is 16.0. The van der Waals surface area contributed by atoms with Crippen LogP contribution in [0.15, 0.2) is 12.3 Å². The first-order valence-corrected chi connectivity index (χ1v) is 4.10. The molecule has 1 aromatic heterocycles. The zero-order valence-corrected chi connectivity index (χ0v) is 6.51. The number of hydrogen-bond acceptors (Lipinski definition) is 2. The minimum absolute atomic E-state index is 0.926. The first kappa shape index (κ1) is 6.65. The number of nitrogens with two attached hydrogens (primary N) is 1. The Bertz CT molecular complexity index is 268. The molecule has 1 aliphatic carbocycles. The van der Waals surface area contributed by atoms with Crippen molar-refractivity contribution in [2.45, 2.75) is 25.7 Å². The number of rotatable bonds is 0. The fraction of sp³-hybridized carbons (Fsp3) is 0.444. The Morgan fingerprint density at radius 1 is 1.27 bits per heavy atom. The van der Waals surface area contributed by atoms with Gasteiger partial charge < -0.3 is 5.73 Å². The fourth-order valence-corrected chi connectivity index (χ4v) is 1.65. The zero-order chi connectivity index (χ0) is 7.68. The number of fused-ring (bicyclic) bond motifs is 1. The molecule has 2 N–H and O–H groups in total. The predicted octanol–water partition coefficient (Wildman–Crippen LogP) is 1.54. The van der Waals surface area contributed by atoms with E-state index < -0.39 is 0 Å². The molecule has 0 saturated heterocycles. The van der Waals surface area contributed by atoms with E-state index in [1.54, 1.807) is 6.20 Å². The monoisotopic (exact) mass is 148 g/mol. The van der Waals surface area contributed by atoms with Gasteiger partial charge >= 0.3 is 0 Å². The van der Waals surface area contributed by atoms with Crippen molar-refractivity contribution in [3.05, 3.63) is 23.5 Å². The van der Waals surface area contributed by atoms with Crippen molar-refractivity contribution in [1.29, 1.82) is 0 Å². The predicted molar refractivity (Wildman–Crippen MR) is 45.3 cm³/mol. The van der Waals surface area contributed by atoms with Crippen LogP contribution in [0.25, 0.3) is 0 Å². The maximum Gasteiger partial charge on any atom is 0.0456 e. The lowest BCUT2D eigenvalue weighted by Crippen LogP contribution is -2.07. The third-order valence-electron chi connectivity index (χ3n) is 2.27. The maximum absolute atomic E-state index is 5.80. The Labute approximate surface area is 66.4 Å². The van der Waals surface area contributed by atoms with E-state index in [0.29, 0.717) is 0 Å². The summed E-state index contributed by atoms with van der Waals surface area (Å²) in [5, 5.41) is 0. The van der Waals surface area contributed by atoms with Crippen LogP contribution in [-0.4, -0.2) is 4.98 Å². The Morgan fingerprint density at radius 3 is 2.91 bits per heavy atom. The number of aryl methyl sites for hydroxylation is 1. The summed E-state index contributed by atoms with van der Waals surface area (Å²) in [4.78, 5) is 4.30. The highest BCUT2D eigenvalue weighted by Crippen LogP contribution is 2.23. The van der Waals surface area contributed by atoms with E-state index in [-0.39, 0.29) is 0 Å². The minimum Gasteiger partial charge on any atom is -0.398 e. The van der Waals surface area contributed by atoms with Gasteiger partial charge in [0.2, 0.25) is 0 Å². The van der Waals surface area contributed by atoms with Crippen LogP contribution >= 0.6 is 0 Å². The Morgan fingerprint density at radius 2 is 2.09 bits per heavy atom. The van der Waals surface area contributed by atoms with Crippen molar-refractivity contribution in [1.82, 2.24) is 4.98 Å². The van der Waals surface area contributed by atoms with Crippen LogP contribution in [0.2, 0.25) is 0 Å². The van der Waals surface area contributed by atoms with Crippen molar-refractivity contribution in [3.63, 3.8) is 0 Å². The highest BCUT2D eigenvalue weighted by Gasteiger charge is 2.11. The first-order chi connectivity index (χ1) is 5.38. The standard InChI is InChI=1S/C9H12N2/c10-8-5-6-11-9-4-2-1-3-7(8)9/h5-6H,1-4H2,(H2,10,11). The molecule has 2 nitrogen and oxygen atoms in total. The number of nitrogens with zero attached hydrogens (tertiary/aromatic N) is 1. The summed E-state index contributed by atoms with van der Waals surface area (Å²) >= 11 is 0. The van der Waals surface area contributed by atoms with Gasteiger partial charge in [-0.1, -0.05) is 0 Å². The van der Waals surface area contributed by atoms with E-state index in [9.17, 15) is 0 Å². The second kappa shape index (κ2) is 2.53. The van der Waals surface area contributed by atoms with Crippen molar-refractivity contribution in [2.24, 2.45) is 0 Å². The van der Waals surface area contributed by atoms with E-state index in [0.717, 1.165) is 18.5 Å². The fourth-order valence-electron chi connectivity index (χ4n) is 1.65. The molecule has 0 fully saturated rings. The number of anilines is 1. The zero-order valence-electron chi connectivity index (χ0n) is 6.51. The van der Waals surface area contributed by atoms with Crippen LogP contribution < -0.4 is 5.73 Å². The molecule has 58 valence electrons. The quantitative estimate of drug-likeness (QED) is 0.606. The molecule has 1 aliphatic rings. The molecule has 1 aromatic rings. The van der Waals surface area contributed by atoms with Crippen LogP contribution in [0.1, 0.15) is 24.1 Å². The van der Waals surface area contributed by atoms with Gasteiger partial charge in [0, 0.05) is 17.6 Å². The first-order valence-electron chi connectivity index (χ1n) is 4.10. The van der Waals surface area contributed by atoms with Crippen molar-refractivity contribution < 1.29 is 0 Å². The number of hydrogen-bond donors (Lipinski definition) is 1. The lowest BCUT2D eigenvalue weighted by Gasteiger charge is -2.15. The van der Waals surface area contributed by atoms with Gasteiger partial charge in [-0.25, -0.2) is 0 Å². The van der Waals surface area contributed by atoms with E-state index in [1.807, 2.05) is 6.07 Å². The summed E-state index contributed by atoms with van der Waals surface area (Å²) in [6.07, 6.45) is 6.57. The largest absolute Gasteiger partial charge is 0.398 e. The summed E-state index contributed by atoms with van der Waals surface area (Å²) in [6, 6.07) is 1.89. The second-order valence-corrected chi connectivity index (χ2v) is 3.03. The minimum atomic E-state index is 0.926. The Kier molecular flexibility index (Phi) is 1.53. The van der Waals surface area contributed by atoms with Gasteiger partial charge in [-0.05, 0) is 37.3 Å². The maximum atomic E-state index is 5.80. The van der Waals surface area contributed by atoms with E-state index in [4.69, 9.17) is 5.73 Å². The van der Waals surface area contributed by atoms with E-state index >= 15 is 0 Å². The molecule has 0 bridgehead atoms. The number of nitrogen functional groups attached to an aromatic ring is 1. The molecule has 2 rings (SSSR count). The lowest BCUT2D eigenvalue weighted by molar-refractivity contribution is 0.669. The van der Waals surface area contributed by atoms with Gasteiger partial charge in [-0.2, -0.15) is 0 Å². The van der Waals surface area contributed by atoms with Crippen molar-refractivity contribution in [2.75, 3.05) is 5.73 Å². The summed E-state index contributed by atoms with van der Waals surface area (Å²) < 4.78 is 0. The second-order valence-electron chi connectivity index (χ2n) is 3.03. The van der Waals surface area contributed by atoms with Crippen LogP contribution in [-0.2, 0) is 12.8 Å². The van der Waals surface area contributed by atoms with E-state index in [1.165, 1.54) is 24.1 Å². The molecule has 0 spiro atoms. The van der Waals surface area contributed by atoms with Gasteiger partial charge in [0.15, 0.2) is 0 Å². The van der Waals surface area contributed by atoms with Crippen LogP contribution in [0.3, 0.4) is 0 Å². The Hall–Kier alpha value is -1.05. The molecular weight excluding hydrogens is 136 g/mol. The lowest BCUT2D eigenvalue weighted by atomic mass is 9.95. The van der Waals surface area contributed by atoms with Crippen molar-refractivity contribution in [3.8, 4) is 0 Å². The van der Waals surface area contributed by atoms with Gasteiger partial charge in [-0.15, -0.1) is 0 Å². The number of aromatic nitrogens is 1. The highest BCUT2D eigenvalue weighted by atomic mass is 14.7. The number of pyridine rings is 1. The summed E-state index contributed by atoms with van der Waals surface area (Å²) in [5.41, 5.74) is 9.24. The van der Waals surface area contributed by atoms with Crippen molar-refractivity contribution >= 4 is 5.69 Å². The highest BCUT2D eigenvalue weighted by molar-refractivity contribution is 5.48. The molecule has 0 aromatic carbocycles. The van der Waals surface area contributed by atoms with Crippen LogP contribution in [0, 0.1) is 0 Å². The topological polar surface area (TPSA) is 38.9 Å². The smallest absolute Gasteiger partial charge is 0.0456 e. The summed E-state index contributed by atoms with van der Waals surface area (Å²) in [5.74, 6) is 0. The van der Waals surface area contributed by atoms with Gasteiger partial charge in [0.1, 0.15) is 0 Å². The molecule has 0 amide bonds. The van der Waals surface area contributed by atoms with Gasteiger partial charge in [-0.3, -0.25) is 4.98 Å². The molecule has 0 saturated carbocycles. The molecule has 0 unspecified atom stereocenters. The molecule has 11 heavy (non-hydrogen) atoms. The third-order valence-corrected chi connectivity index (χ3v) is 2.27. The van der Waals surface area contributed by atoms with Gasteiger partial charge in [0.05, 0.1) is 0 Å². The van der Waals surface area contributed by atoms with Crippen LogP contribution in [0.4, 0.5) is 5.69 Å². The van der Waals surface area contributed by atoms with Crippen LogP contribution in [0.5, 0.6) is 0 Å². The van der Waals surface area contributed by atoms with E-state index in [2.05, 4.69) is 4.98 Å². The summed E-state index contributed by atoms with van der Waals surface area (Å²) in [7, 11) is 0. The average molecular weight is 148 g/mol. The molecule has 2 heteroatoms. The molecule has 0 aliphatic heterocycles.